The van der Waals surface area contributed by atoms with E-state index in [-0.39, 0.29) is 16.9 Å². The molecule has 1 aromatic heterocycles. The van der Waals surface area contributed by atoms with Crippen molar-refractivity contribution >= 4 is 55.2 Å². The second-order valence-corrected chi connectivity index (χ2v) is 8.35. The van der Waals surface area contributed by atoms with Gasteiger partial charge in [0.1, 0.15) is 0 Å². The zero-order valence-electron chi connectivity index (χ0n) is 12.5. The summed E-state index contributed by atoms with van der Waals surface area (Å²) in [4.78, 5) is 29.7. The predicted octanol–water partition coefficient (Wildman–Crippen LogP) is 4.21. The first kappa shape index (κ1) is 16.7. The third-order valence-corrected chi connectivity index (χ3v) is 5.97. The van der Waals surface area contributed by atoms with Gasteiger partial charge in [0, 0.05) is 41.1 Å². The Bertz CT molecular complexity index is 747. The number of halogens is 1. The van der Waals surface area contributed by atoms with Crippen molar-refractivity contribution in [2.45, 2.75) is 13.3 Å². The first-order valence-electron chi connectivity index (χ1n) is 7.18. The Kier molecular flexibility index (Phi) is 5.18. The van der Waals surface area contributed by atoms with Gasteiger partial charge in [-0.25, -0.2) is 4.98 Å². The Labute approximate surface area is 151 Å². The topological polar surface area (TPSA) is 50.3 Å². The molecule has 0 bridgehead atoms. The molecule has 120 valence electrons. The summed E-state index contributed by atoms with van der Waals surface area (Å²) in [5, 5.41) is 2.81. The standard InChI is InChI=1S/C16H15BrN2O2S2/c1-10(20)22-8-11-5-15(21)19(7-11)16-18-14(9-23-16)12-3-2-4-13(17)6-12/h2-4,6,9,11H,5,7-8H2,1H3. The van der Waals surface area contributed by atoms with Crippen LogP contribution in [0.3, 0.4) is 0 Å². The molecule has 0 radical (unpaired) electrons. The fourth-order valence-corrected chi connectivity index (χ4v) is 4.44. The fraction of sp³-hybridized carbons (Fsp3) is 0.312. The molecule has 1 aliphatic rings. The molecule has 4 nitrogen and oxygen atoms in total. The molecule has 1 atom stereocenters. The van der Waals surface area contributed by atoms with Crippen molar-refractivity contribution in [2.24, 2.45) is 5.92 Å². The monoisotopic (exact) mass is 410 g/mol. The number of rotatable bonds is 4. The van der Waals surface area contributed by atoms with Crippen molar-refractivity contribution < 1.29 is 9.59 Å². The Morgan fingerprint density at radius 1 is 1.52 bits per heavy atom. The third-order valence-electron chi connectivity index (χ3n) is 3.57. The summed E-state index contributed by atoms with van der Waals surface area (Å²) in [7, 11) is 0. The van der Waals surface area contributed by atoms with Gasteiger partial charge in [0.25, 0.3) is 0 Å². The average molecular weight is 411 g/mol. The molecule has 0 aliphatic carbocycles. The van der Waals surface area contributed by atoms with Gasteiger partial charge < -0.3 is 0 Å². The lowest BCUT2D eigenvalue weighted by Crippen LogP contribution is -2.24. The van der Waals surface area contributed by atoms with Crippen molar-refractivity contribution in [3.05, 3.63) is 34.1 Å². The van der Waals surface area contributed by atoms with E-state index >= 15 is 0 Å². The predicted molar refractivity (Wildman–Crippen MR) is 98.8 cm³/mol. The summed E-state index contributed by atoms with van der Waals surface area (Å²) >= 11 is 6.23. The van der Waals surface area contributed by atoms with Gasteiger partial charge in [0.05, 0.1) is 5.69 Å². The molecule has 2 heterocycles. The maximum atomic E-state index is 12.2. The first-order valence-corrected chi connectivity index (χ1v) is 9.84. The van der Waals surface area contributed by atoms with Crippen LogP contribution in [0, 0.1) is 5.92 Å². The molecule has 1 aromatic carbocycles. The molecule has 1 aliphatic heterocycles. The van der Waals surface area contributed by atoms with Gasteiger partial charge in [0.2, 0.25) is 5.91 Å². The van der Waals surface area contributed by atoms with Gasteiger partial charge >= 0.3 is 0 Å². The summed E-state index contributed by atoms with van der Waals surface area (Å²) < 4.78 is 1.00. The van der Waals surface area contributed by atoms with E-state index in [1.807, 2.05) is 29.6 Å². The van der Waals surface area contributed by atoms with Gasteiger partial charge in [-0.15, -0.1) is 11.3 Å². The minimum atomic E-state index is 0.0919. The van der Waals surface area contributed by atoms with E-state index in [4.69, 9.17) is 0 Å². The minimum Gasteiger partial charge on any atom is -0.288 e. The van der Waals surface area contributed by atoms with Crippen LogP contribution in [0.1, 0.15) is 13.3 Å². The van der Waals surface area contributed by atoms with Crippen LogP contribution < -0.4 is 4.90 Å². The lowest BCUT2D eigenvalue weighted by atomic mass is 10.1. The number of benzene rings is 1. The number of aromatic nitrogens is 1. The zero-order valence-corrected chi connectivity index (χ0v) is 15.7. The van der Waals surface area contributed by atoms with E-state index < -0.39 is 0 Å². The number of hydrogen-bond acceptors (Lipinski definition) is 5. The van der Waals surface area contributed by atoms with Gasteiger partial charge in [0.15, 0.2) is 10.2 Å². The van der Waals surface area contributed by atoms with Crippen LogP contribution in [0.25, 0.3) is 11.3 Å². The molecular weight excluding hydrogens is 396 g/mol. The summed E-state index contributed by atoms with van der Waals surface area (Å²) in [6.45, 7) is 2.20. The highest BCUT2D eigenvalue weighted by Gasteiger charge is 2.32. The number of anilines is 1. The number of hydrogen-bond donors (Lipinski definition) is 0. The normalized spacial score (nSPS) is 17.7. The first-order chi connectivity index (χ1) is 11.0. The van der Waals surface area contributed by atoms with Crippen molar-refractivity contribution in [3.8, 4) is 11.3 Å². The van der Waals surface area contributed by atoms with Crippen molar-refractivity contribution in [1.29, 1.82) is 0 Å². The smallest absolute Gasteiger partial charge is 0.229 e. The maximum absolute atomic E-state index is 12.2. The van der Waals surface area contributed by atoms with Gasteiger partial charge in [-0.3, -0.25) is 14.5 Å². The molecular formula is C16H15BrN2O2S2. The van der Waals surface area contributed by atoms with Crippen LogP contribution in [-0.2, 0) is 9.59 Å². The van der Waals surface area contributed by atoms with Crippen molar-refractivity contribution in [2.75, 3.05) is 17.2 Å². The van der Waals surface area contributed by atoms with Crippen LogP contribution in [0.2, 0.25) is 0 Å². The molecule has 0 spiro atoms. The molecule has 1 saturated heterocycles. The molecule has 2 aromatic rings. The number of thioether (sulfide) groups is 1. The second kappa shape index (κ2) is 7.15. The van der Waals surface area contributed by atoms with Gasteiger partial charge in [-0.1, -0.05) is 39.8 Å². The third kappa shape index (κ3) is 4.02. The Balaban J connectivity index is 1.73. The van der Waals surface area contributed by atoms with Gasteiger partial charge in [-0.2, -0.15) is 0 Å². The zero-order chi connectivity index (χ0) is 16.4. The van der Waals surface area contributed by atoms with Crippen LogP contribution in [0.5, 0.6) is 0 Å². The molecule has 0 saturated carbocycles. The largest absolute Gasteiger partial charge is 0.288 e. The van der Waals surface area contributed by atoms with Crippen molar-refractivity contribution in [3.63, 3.8) is 0 Å². The van der Waals surface area contributed by atoms with Crippen LogP contribution >= 0.6 is 39.0 Å². The lowest BCUT2D eigenvalue weighted by molar-refractivity contribution is -0.117. The number of carbonyl (C=O) groups excluding carboxylic acids is 2. The fourth-order valence-electron chi connectivity index (χ4n) is 2.48. The number of carbonyl (C=O) groups is 2. The minimum absolute atomic E-state index is 0.0919. The average Bonchev–Trinajstić information content (AvgIpc) is 3.11. The quantitative estimate of drug-likeness (QED) is 0.757. The highest BCUT2D eigenvalue weighted by Crippen LogP contribution is 2.33. The van der Waals surface area contributed by atoms with Crippen LogP contribution in [0.15, 0.2) is 34.1 Å². The molecule has 7 heteroatoms. The number of nitrogens with zero attached hydrogens (tertiary/aromatic N) is 2. The highest BCUT2D eigenvalue weighted by atomic mass is 79.9. The summed E-state index contributed by atoms with van der Waals surface area (Å²) in [6.07, 6.45) is 0.492. The lowest BCUT2D eigenvalue weighted by Gasteiger charge is -2.12. The summed E-state index contributed by atoms with van der Waals surface area (Å²) in [5.41, 5.74) is 1.90. The molecule has 3 rings (SSSR count). The van der Waals surface area contributed by atoms with E-state index in [1.165, 1.54) is 23.1 Å². The van der Waals surface area contributed by atoms with E-state index in [1.54, 1.807) is 11.8 Å². The summed E-state index contributed by atoms with van der Waals surface area (Å²) in [5.74, 6) is 1.01. The number of thiazole rings is 1. The van der Waals surface area contributed by atoms with E-state index in [9.17, 15) is 9.59 Å². The maximum Gasteiger partial charge on any atom is 0.229 e. The molecule has 1 amide bonds. The molecule has 23 heavy (non-hydrogen) atoms. The Morgan fingerprint density at radius 2 is 2.35 bits per heavy atom. The SMILES string of the molecule is CC(=O)SCC1CC(=O)N(c2nc(-c3cccc(Br)c3)cs2)C1. The van der Waals surface area contributed by atoms with E-state index in [2.05, 4.69) is 20.9 Å². The number of amides is 1. The highest BCUT2D eigenvalue weighted by molar-refractivity contribution is 9.10. The molecule has 0 N–H and O–H groups in total. The Hall–Kier alpha value is -1.18. The van der Waals surface area contributed by atoms with Crippen LogP contribution in [0.4, 0.5) is 5.13 Å². The van der Waals surface area contributed by atoms with Gasteiger partial charge in [-0.05, 0) is 18.1 Å². The molecule has 1 fully saturated rings. The van der Waals surface area contributed by atoms with Crippen LogP contribution in [-0.4, -0.2) is 28.3 Å². The Morgan fingerprint density at radius 3 is 3.09 bits per heavy atom. The second-order valence-electron chi connectivity index (χ2n) is 5.40. The molecule has 1 unspecified atom stereocenters. The van der Waals surface area contributed by atoms with Crippen molar-refractivity contribution in [1.82, 2.24) is 4.98 Å². The van der Waals surface area contributed by atoms with E-state index in [0.29, 0.717) is 18.7 Å². The van der Waals surface area contributed by atoms with E-state index in [0.717, 1.165) is 20.9 Å². The summed E-state index contributed by atoms with van der Waals surface area (Å²) in [6, 6.07) is 7.95.